The number of amides is 1. The van der Waals surface area contributed by atoms with E-state index < -0.39 is 0 Å². The summed E-state index contributed by atoms with van der Waals surface area (Å²) in [5, 5.41) is 1.67. The van der Waals surface area contributed by atoms with Crippen molar-refractivity contribution in [2.45, 2.75) is 6.42 Å². The van der Waals surface area contributed by atoms with Gasteiger partial charge in [0.25, 0.3) is 5.91 Å². The van der Waals surface area contributed by atoms with Gasteiger partial charge >= 0.3 is 0 Å². The molecule has 0 aliphatic carbocycles. The number of rotatable bonds is 1. The van der Waals surface area contributed by atoms with Crippen LogP contribution in [0.4, 0.5) is 0 Å². The second kappa shape index (κ2) is 3.94. The maximum absolute atomic E-state index is 11.7. The van der Waals surface area contributed by atoms with Crippen LogP contribution in [0.15, 0.2) is 18.3 Å². The van der Waals surface area contributed by atoms with Crippen LogP contribution in [0, 0.1) is 0 Å². The Labute approximate surface area is 86.4 Å². The number of aromatic nitrogens is 1. The minimum Gasteiger partial charge on any atom is -0.271 e. The van der Waals surface area contributed by atoms with E-state index >= 15 is 0 Å². The van der Waals surface area contributed by atoms with Crippen LogP contribution in [0.1, 0.15) is 16.8 Å². The zero-order valence-corrected chi connectivity index (χ0v) is 8.20. The molecule has 1 aliphatic rings. The van der Waals surface area contributed by atoms with Gasteiger partial charge in [0.15, 0.2) is 0 Å². The van der Waals surface area contributed by atoms with Crippen molar-refractivity contribution in [3.63, 3.8) is 0 Å². The third-order valence-electron chi connectivity index (χ3n) is 1.95. The summed E-state index contributed by atoms with van der Waals surface area (Å²) in [5.74, 6) is -0.160. The maximum atomic E-state index is 11.7. The van der Waals surface area contributed by atoms with Gasteiger partial charge in [-0.25, -0.2) is 10.0 Å². The largest absolute Gasteiger partial charge is 0.277 e. The first-order valence-corrected chi connectivity index (χ1v) is 4.71. The summed E-state index contributed by atoms with van der Waals surface area (Å²) in [6, 6.07) is 3.15. The molecule has 1 saturated heterocycles. The summed E-state index contributed by atoms with van der Waals surface area (Å²) < 4.78 is 0. The van der Waals surface area contributed by atoms with Gasteiger partial charge in [0, 0.05) is 11.8 Å². The van der Waals surface area contributed by atoms with Gasteiger partial charge in [0.05, 0.1) is 13.2 Å². The Morgan fingerprint density at radius 2 is 2.50 bits per heavy atom. The number of nitrogens with zero attached hydrogens (tertiary/aromatic N) is 2. The Hall–Kier alpha value is -1.13. The Kier molecular flexibility index (Phi) is 2.65. The van der Waals surface area contributed by atoms with Gasteiger partial charge in [-0.05, 0) is 18.6 Å². The van der Waals surface area contributed by atoms with E-state index in [0.717, 1.165) is 6.42 Å². The number of hydrogen-bond acceptors (Lipinski definition) is 3. The number of hydrogen-bond donors (Lipinski definition) is 0. The second-order valence-corrected chi connectivity index (χ2v) is 3.35. The SMILES string of the molecule is O=C(c1ccnc(Cl)c1)N1CCCO1. The fourth-order valence-corrected chi connectivity index (χ4v) is 1.46. The van der Waals surface area contributed by atoms with E-state index in [0.29, 0.717) is 23.9 Å². The molecule has 0 atom stereocenters. The van der Waals surface area contributed by atoms with Gasteiger partial charge in [-0.15, -0.1) is 0 Å². The van der Waals surface area contributed by atoms with Crippen LogP contribution in [-0.4, -0.2) is 29.1 Å². The van der Waals surface area contributed by atoms with Crippen molar-refractivity contribution in [3.05, 3.63) is 29.0 Å². The molecule has 74 valence electrons. The van der Waals surface area contributed by atoms with Crippen molar-refractivity contribution in [1.82, 2.24) is 10.0 Å². The van der Waals surface area contributed by atoms with E-state index in [4.69, 9.17) is 16.4 Å². The quantitative estimate of drug-likeness (QED) is 0.663. The van der Waals surface area contributed by atoms with Crippen LogP contribution in [0.3, 0.4) is 0 Å². The van der Waals surface area contributed by atoms with Crippen LogP contribution in [0.25, 0.3) is 0 Å². The van der Waals surface area contributed by atoms with Crippen molar-refractivity contribution >= 4 is 17.5 Å². The third kappa shape index (κ3) is 1.86. The normalized spacial score (nSPS) is 15.9. The lowest BCUT2D eigenvalue weighted by molar-refractivity contribution is -0.0768. The molecule has 2 heterocycles. The summed E-state index contributed by atoms with van der Waals surface area (Å²) in [6.07, 6.45) is 2.39. The van der Waals surface area contributed by atoms with Crippen LogP contribution in [0.2, 0.25) is 5.15 Å². The molecule has 1 aliphatic heterocycles. The van der Waals surface area contributed by atoms with E-state index in [9.17, 15) is 4.79 Å². The first-order chi connectivity index (χ1) is 6.77. The minimum absolute atomic E-state index is 0.160. The number of halogens is 1. The average Bonchev–Trinajstić information content (AvgIpc) is 2.69. The number of carbonyl (C=O) groups excluding carboxylic acids is 1. The molecule has 5 heteroatoms. The van der Waals surface area contributed by atoms with Gasteiger partial charge in [-0.1, -0.05) is 11.6 Å². The molecular weight excluding hydrogens is 204 g/mol. The number of pyridine rings is 1. The highest BCUT2D eigenvalue weighted by molar-refractivity contribution is 6.29. The maximum Gasteiger partial charge on any atom is 0.277 e. The monoisotopic (exact) mass is 212 g/mol. The molecule has 1 aromatic rings. The van der Waals surface area contributed by atoms with Gasteiger partial charge in [0.1, 0.15) is 5.15 Å². The first-order valence-electron chi connectivity index (χ1n) is 4.34. The molecule has 14 heavy (non-hydrogen) atoms. The highest BCUT2D eigenvalue weighted by Crippen LogP contribution is 2.13. The minimum atomic E-state index is -0.160. The summed E-state index contributed by atoms with van der Waals surface area (Å²) in [5.41, 5.74) is 0.506. The summed E-state index contributed by atoms with van der Waals surface area (Å²) in [6.45, 7) is 1.24. The van der Waals surface area contributed by atoms with Crippen LogP contribution in [0.5, 0.6) is 0 Å². The van der Waals surface area contributed by atoms with Crippen LogP contribution >= 0.6 is 11.6 Å². The smallest absolute Gasteiger partial charge is 0.271 e. The van der Waals surface area contributed by atoms with E-state index in [1.54, 1.807) is 6.07 Å². The molecular formula is C9H9ClN2O2. The molecule has 1 aromatic heterocycles. The molecule has 2 rings (SSSR count). The van der Waals surface area contributed by atoms with Crippen molar-refractivity contribution in [2.24, 2.45) is 0 Å². The molecule has 1 amide bonds. The first kappa shape index (κ1) is 9.43. The summed E-state index contributed by atoms with van der Waals surface area (Å²) in [7, 11) is 0. The lowest BCUT2D eigenvalue weighted by Gasteiger charge is -2.13. The molecule has 0 saturated carbocycles. The van der Waals surface area contributed by atoms with Gasteiger partial charge in [-0.3, -0.25) is 9.63 Å². The molecule has 0 radical (unpaired) electrons. The Balaban J connectivity index is 2.17. The fourth-order valence-electron chi connectivity index (χ4n) is 1.29. The molecule has 0 bridgehead atoms. The lowest BCUT2D eigenvalue weighted by atomic mass is 10.2. The van der Waals surface area contributed by atoms with Crippen molar-refractivity contribution in [3.8, 4) is 0 Å². The molecule has 0 aromatic carbocycles. The standard InChI is InChI=1S/C9H9ClN2O2/c10-8-6-7(2-3-11-8)9(13)12-4-1-5-14-12/h2-3,6H,1,4-5H2. The van der Waals surface area contributed by atoms with Crippen molar-refractivity contribution in [1.29, 1.82) is 0 Å². The Bertz CT molecular complexity index is 350. The zero-order chi connectivity index (χ0) is 9.97. The number of hydroxylamine groups is 2. The lowest BCUT2D eigenvalue weighted by Crippen LogP contribution is -2.26. The second-order valence-electron chi connectivity index (χ2n) is 2.96. The molecule has 0 spiro atoms. The number of carbonyl (C=O) groups is 1. The Morgan fingerprint density at radius 3 is 3.14 bits per heavy atom. The highest BCUT2D eigenvalue weighted by atomic mass is 35.5. The summed E-state index contributed by atoms with van der Waals surface area (Å²) in [4.78, 5) is 20.6. The predicted octanol–water partition coefficient (Wildman–Crippen LogP) is 1.51. The molecule has 0 N–H and O–H groups in total. The predicted molar refractivity (Wildman–Crippen MR) is 50.9 cm³/mol. The fraction of sp³-hybridized carbons (Fsp3) is 0.333. The van der Waals surface area contributed by atoms with E-state index in [1.165, 1.54) is 17.3 Å². The van der Waals surface area contributed by atoms with Crippen molar-refractivity contribution in [2.75, 3.05) is 13.2 Å². The van der Waals surface area contributed by atoms with Crippen LogP contribution < -0.4 is 0 Å². The van der Waals surface area contributed by atoms with E-state index in [2.05, 4.69) is 4.98 Å². The van der Waals surface area contributed by atoms with Gasteiger partial charge in [0.2, 0.25) is 0 Å². The van der Waals surface area contributed by atoms with E-state index in [-0.39, 0.29) is 5.91 Å². The van der Waals surface area contributed by atoms with Crippen LogP contribution in [-0.2, 0) is 4.84 Å². The summed E-state index contributed by atoms with van der Waals surface area (Å²) >= 11 is 5.67. The Morgan fingerprint density at radius 1 is 1.64 bits per heavy atom. The van der Waals surface area contributed by atoms with Gasteiger partial charge < -0.3 is 0 Å². The average molecular weight is 213 g/mol. The molecule has 4 nitrogen and oxygen atoms in total. The highest BCUT2D eigenvalue weighted by Gasteiger charge is 2.20. The van der Waals surface area contributed by atoms with E-state index in [1.807, 2.05) is 0 Å². The van der Waals surface area contributed by atoms with Gasteiger partial charge in [-0.2, -0.15) is 0 Å². The molecule has 0 unspecified atom stereocenters. The zero-order valence-electron chi connectivity index (χ0n) is 7.44. The third-order valence-corrected chi connectivity index (χ3v) is 2.16. The molecule has 1 fully saturated rings. The van der Waals surface area contributed by atoms with Crippen molar-refractivity contribution < 1.29 is 9.63 Å². The topological polar surface area (TPSA) is 42.4 Å².